The molecule has 1 aliphatic heterocycles. The second kappa shape index (κ2) is 19.5. The number of aryl methyl sites for hydroxylation is 1. The van der Waals surface area contributed by atoms with Crippen LogP contribution in [-0.4, -0.2) is 70.9 Å². The molecule has 46 heavy (non-hydrogen) atoms. The molecule has 12 heteroatoms. The smallest absolute Gasteiger partial charge is 0.255 e. The van der Waals surface area contributed by atoms with Gasteiger partial charge in [0.1, 0.15) is 17.8 Å². The Morgan fingerprint density at radius 3 is 2.54 bits per heavy atom. The van der Waals surface area contributed by atoms with Crippen molar-refractivity contribution in [3.8, 4) is 5.75 Å². The van der Waals surface area contributed by atoms with E-state index in [1.807, 2.05) is 20.8 Å². The van der Waals surface area contributed by atoms with Gasteiger partial charge in [-0.25, -0.2) is 0 Å². The molecule has 1 aliphatic rings. The number of likely N-dealkylation sites (tertiary alicyclic amines) is 1. The standard InChI is InChI=1S/C34H52N6O6/c1-5-15-30(41)36-20-13-9-7-6-8-10-19-31-38-29(39-46-31)23-45-28-18-12-11-16-25(28)32(42)37-26(22-24(2)3)34(44)40-21-14-17-27(40)33(43)35-4/h11-12,16,18,24,26-27H,5-10,13-15,17,19-23H2,1-4H3,(H,35,43)(H,36,41)(H,37,42). The van der Waals surface area contributed by atoms with E-state index in [4.69, 9.17) is 9.26 Å². The molecular weight excluding hydrogens is 588 g/mol. The van der Waals surface area contributed by atoms with Crippen LogP contribution in [0.25, 0.3) is 0 Å². The molecule has 1 aromatic heterocycles. The van der Waals surface area contributed by atoms with E-state index < -0.39 is 18.0 Å². The number of rotatable bonds is 20. The largest absolute Gasteiger partial charge is 0.485 e. The van der Waals surface area contributed by atoms with Gasteiger partial charge in [0, 0.05) is 33.0 Å². The molecule has 1 saturated heterocycles. The molecule has 2 atom stereocenters. The number of unbranched alkanes of at least 4 members (excludes halogenated alkanes) is 5. The van der Waals surface area contributed by atoms with Crippen LogP contribution >= 0.6 is 0 Å². The van der Waals surface area contributed by atoms with Crippen molar-refractivity contribution in [1.82, 2.24) is 31.0 Å². The minimum atomic E-state index is -0.774. The zero-order valence-corrected chi connectivity index (χ0v) is 27.9. The molecule has 1 fully saturated rings. The number of carbonyl (C=O) groups excluding carboxylic acids is 4. The normalized spacial score (nSPS) is 15.1. The van der Waals surface area contributed by atoms with Crippen LogP contribution in [0.2, 0.25) is 0 Å². The van der Waals surface area contributed by atoms with Crippen molar-refractivity contribution < 1.29 is 28.4 Å². The van der Waals surface area contributed by atoms with Crippen LogP contribution in [0.3, 0.4) is 0 Å². The number of nitrogens with one attached hydrogen (secondary N) is 3. The number of nitrogens with zero attached hydrogens (tertiary/aromatic N) is 3. The predicted octanol–water partition coefficient (Wildman–Crippen LogP) is 4.33. The Morgan fingerprint density at radius 2 is 1.80 bits per heavy atom. The molecule has 4 amide bonds. The minimum Gasteiger partial charge on any atom is -0.485 e. The highest BCUT2D eigenvalue weighted by Crippen LogP contribution is 2.23. The number of likely N-dealkylation sites (N-methyl/N-ethyl adjacent to an activating group) is 1. The highest BCUT2D eigenvalue weighted by atomic mass is 16.5. The molecular formula is C34H52N6O6. The highest BCUT2D eigenvalue weighted by molar-refractivity contribution is 6.00. The summed E-state index contributed by atoms with van der Waals surface area (Å²) in [4.78, 5) is 56.9. The third-order valence-corrected chi connectivity index (χ3v) is 8.01. The second-order valence-electron chi connectivity index (χ2n) is 12.3. The molecule has 12 nitrogen and oxygen atoms in total. The Labute approximate surface area is 272 Å². The second-order valence-corrected chi connectivity index (χ2v) is 12.3. The summed E-state index contributed by atoms with van der Waals surface area (Å²) in [6.07, 6.45) is 10.3. The Morgan fingerprint density at radius 1 is 1.07 bits per heavy atom. The van der Waals surface area contributed by atoms with Crippen molar-refractivity contribution in [2.24, 2.45) is 5.92 Å². The van der Waals surface area contributed by atoms with Crippen molar-refractivity contribution in [2.45, 2.75) is 117 Å². The Hall–Kier alpha value is -3.96. The first-order valence-electron chi connectivity index (χ1n) is 16.9. The van der Waals surface area contributed by atoms with Crippen LogP contribution in [-0.2, 0) is 27.4 Å². The molecule has 0 bridgehead atoms. The fourth-order valence-corrected chi connectivity index (χ4v) is 5.62. The van der Waals surface area contributed by atoms with Crippen LogP contribution in [0.1, 0.15) is 113 Å². The van der Waals surface area contributed by atoms with E-state index in [9.17, 15) is 19.2 Å². The number of amides is 4. The summed E-state index contributed by atoms with van der Waals surface area (Å²) in [7, 11) is 1.56. The average molecular weight is 641 g/mol. The Balaban J connectivity index is 1.47. The van der Waals surface area contributed by atoms with Crippen LogP contribution < -0.4 is 20.7 Å². The maximum atomic E-state index is 13.5. The van der Waals surface area contributed by atoms with Gasteiger partial charge in [-0.15, -0.1) is 0 Å². The maximum absolute atomic E-state index is 13.5. The van der Waals surface area contributed by atoms with Crippen molar-refractivity contribution in [3.05, 3.63) is 41.5 Å². The van der Waals surface area contributed by atoms with E-state index in [-0.39, 0.29) is 30.2 Å². The first-order chi connectivity index (χ1) is 22.2. The summed E-state index contributed by atoms with van der Waals surface area (Å²) in [6.45, 7) is 7.24. The molecule has 0 radical (unpaired) electrons. The SMILES string of the molecule is CCCC(=O)NCCCCCCCCc1nc(COc2ccccc2C(=O)NC(CC(C)C)C(=O)N2CCCC2C(=O)NC)no1. The van der Waals surface area contributed by atoms with Gasteiger partial charge >= 0.3 is 0 Å². The molecule has 0 aliphatic carbocycles. The van der Waals surface area contributed by atoms with Gasteiger partial charge in [0.05, 0.1) is 5.56 Å². The summed E-state index contributed by atoms with van der Waals surface area (Å²) in [5, 5.41) is 12.5. The maximum Gasteiger partial charge on any atom is 0.255 e. The zero-order valence-electron chi connectivity index (χ0n) is 27.9. The van der Waals surface area contributed by atoms with E-state index >= 15 is 0 Å². The Bertz CT molecular complexity index is 1260. The van der Waals surface area contributed by atoms with Crippen molar-refractivity contribution >= 4 is 23.6 Å². The lowest BCUT2D eigenvalue weighted by Gasteiger charge is -2.29. The number of carbonyl (C=O) groups is 4. The molecule has 1 aromatic carbocycles. The van der Waals surface area contributed by atoms with Crippen LogP contribution in [0.15, 0.2) is 28.8 Å². The van der Waals surface area contributed by atoms with E-state index in [1.54, 1.807) is 36.2 Å². The quantitative estimate of drug-likeness (QED) is 0.181. The lowest BCUT2D eigenvalue weighted by molar-refractivity contribution is -0.140. The first-order valence-corrected chi connectivity index (χ1v) is 16.9. The van der Waals surface area contributed by atoms with E-state index in [2.05, 4.69) is 26.1 Å². The molecule has 3 N–H and O–H groups in total. The molecule has 0 spiro atoms. The van der Waals surface area contributed by atoms with Gasteiger partial charge in [-0.3, -0.25) is 19.2 Å². The van der Waals surface area contributed by atoms with Crippen molar-refractivity contribution in [3.63, 3.8) is 0 Å². The van der Waals surface area contributed by atoms with Gasteiger partial charge < -0.3 is 30.1 Å². The third-order valence-electron chi connectivity index (χ3n) is 8.01. The van der Waals surface area contributed by atoms with Crippen molar-refractivity contribution in [2.75, 3.05) is 20.1 Å². The van der Waals surface area contributed by atoms with Crippen LogP contribution in [0.4, 0.5) is 0 Å². The number of benzene rings is 1. The number of hydrogen-bond donors (Lipinski definition) is 3. The van der Waals surface area contributed by atoms with Gasteiger partial charge in [-0.2, -0.15) is 4.98 Å². The van der Waals surface area contributed by atoms with Gasteiger partial charge in [0.15, 0.2) is 6.61 Å². The average Bonchev–Trinajstić information content (AvgIpc) is 3.72. The molecule has 2 unspecified atom stereocenters. The van der Waals surface area contributed by atoms with Gasteiger partial charge in [0.2, 0.25) is 29.4 Å². The molecule has 0 saturated carbocycles. The van der Waals surface area contributed by atoms with Crippen molar-refractivity contribution in [1.29, 1.82) is 0 Å². The first kappa shape index (κ1) is 36.5. The molecule has 254 valence electrons. The molecule has 3 rings (SSSR count). The fourth-order valence-electron chi connectivity index (χ4n) is 5.62. The van der Waals surface area contributed by atoms with E-state index in [0.29, 0.717) is 55.3 Å². The van der Waals surface area contributed by atoms with Gasteiger partial charge in [-0.05, 0) is 56.6 Å². The van der Waals surface area contributed by atoms with Gasteiger partial charge in [0.25, 0.3) is 5.91 Å². The summed E-state index contributed by atoms with van der Waals surface area (Å²) in [5.41, 5.74) is 0.292. The number of aromatic nitrogens is 2. The number of ether oxygens (including phenoxy) is 1. The third kappa shape index (κ3) is 11.8. The number of hydrogen-bond acceptors (Lipinski definition) is 8. The summed E-state index contributed by atoms with van der Waals surface area (Å²) < 4.78 is 11.3. The number of para-hydroxylation sites is 1. The van der Waals surface area contributed by atoms with Gasteiger partial charge in [-0.1, -0.05) is 63.7 Å². The molecule has 2 aromatic rings. The van der Waals surface area contributed by atoms with Crippen LogP contribution in [0, 0.1) is 5.92 Å². The summed E-state index contributed by atoms with van der Waals surface area (Å²) in [6, 6.07) is 5.54. The predicted molar refractivity (Wildman–Crippen MR) is 174 cm³/mol. The fraction of sp³-hybridized carbons (Fsp3) is 0.647. The summed E-state index contributed by atoms with van der Waals surface area (Å²) >= 11 is 0. The lowest BCUT2D eigenvalue weighted by Crippen LogP contribution is -2.53. The molecule has 2 heterocycles. The Kier molecular flexibility index (Phi) is 15.5. The van der Waals surface area contributed by atoms with Crippen LogP contribution in [0.5, 0.6) is 5.75 Å². The summed E-state index contributed by atoms with van der Waals surface area (Å²) in [5.74, 6) is 0.686. The minimum absolute atomic E-state index is 0.0263. The van der Waals surface area contributed by atoms with E-state index in [1.165, 1.54) is 0 Å². The lowest BCUT2D eigenvalue weighted by atomic mass is 10.0. The topological polar surface area (TPSA) is 156 Å². The van der Waals surface area contributed by atoms with E-state index in [0.717, 1.165) is 57.9 Å². The highest BCUT2D eigenvalue weighted by Gasteiger charge is 2.37. The monoisotopic (exact) mass is 640 g/mol. The zero-order chi connectivity index (χ0) is 33.3.